The first kappa shape index (κ1) is 14.9. The van der Waals surface area contributed by atoms with Crippen molar-refractivity contribution in [1.29, 1.82) is 0 Å². The van der Waals surface area contributed by atoms with Gasteiger partial charge in [-0.15, -0.1) is 0 Å². The fourth-order valence-electron chi connectivity index (χ4n) is 4.08. The van der Waals surface area contributed by atoms with Crippen LogP contribution in [0.5, 0.6) is 0 Å². The lowest BCUT2D eigenvalue weighted by Crippen LogP contribution is -2.30. The van der Waals surface area contributed by atoms with Gasteiger partial charge >= 0.3 is 5.97 Å². The molecular weight excluding hydrogens is 305 g/mol. The molecule has 1 aliphatic heterocycles. The topological polar surface area (TPSA) is 49.3 Å². The Kier molecular flexibility index (Phi) is 3.41. The molecule has 2 N–H and O–H groups in total. The van der Waals surface area contributed by atoms with Crippen LogP contribution >= 0.6 is 0 Å². The van der Waals surface area contributed by atoms with E-state index in [4.69, 9.17) is 0 Å². The molecule has 1 aliphatic carbocycles. The molecule has 0 fully saturated rings. The Hall–Kier alpha value is -2.62. The van der Waals surface area contributed by atoms with Gasteiger partial charge in [-0.2, -0.15) is 0 Å². The summed E-state index contributed by atoms with van der Waals surface area (Å²) in [4.78, 5) is 11.4. The van der Waals surface area contributed by atoms with Gasteiger partial charge in [0.25, 0.3) is 0 Å². The first-order chi connectivity index (χ1) is 11.6. The van der Waals surface area contributed by atoms with Crippen LogP contribution in [0.15, 0.2) is 48.6 Å². The average Bonchev–Trinajstić information content (AvgIpc) is 3.05. The maximum Gasteiger partial charge on any atom is 0.336 e. The summed E-state index contributed by atoms with van der Waals surface area (Å²) in [7, 11) is 0. The molecule has 0 bridgehead atoms. The standard InChI is InChI=1S/C20H18FNO2/c1-11-12(20(23)24)9-10-15-13-6-4-7-14(13)19(22-18(11)15)16-5-2-3-8-17(16)21/h2-6,8-10,13-14,19,22H,7H2,1H3,(H,23,24)/t13-,14-,19-/m0/s1. The molecule has 4 heteroatoms. The van der Waals surface area contributed by atoms with Crippen LogP contribution in [0.4, 0.5) is 10.1 Å². The van der Waals surface area contributed by atoms with Crippen molar-refractivity contribution in [2.24, 2.45) is 5.92 Å². The molecule has 2 aromatic carbocycles. The molecule has 122 valence electrons. The molecule has 0 spiro atoms. The van der Waals surface area contributed by atoms with Crippen molar-refractivity contribution >= 4 is 11.7 Å². The summed E-state index contributed by atoms with van der Waals surface area (Å²) in [5.74, 6) is -0.739. The molecular formula is C20H18FNO2. The van der Waals surface area contributed by atoms with Crippen LogP contribution in [-0.4, -0.2) is 11.1 Å². The second kappa shape index (κ2) is 5.48. The zero-order valence-corrected chi connectivity index (χ0v) is 13.3. The van der Waals surface area contributed by atoms with Crippen LogP contribution in [0.2, 0.25) is 0 Å². The van der Waals surface area contributed by atoms with Crippen molar-refractivity contribution in [1.82, 2.24) is 0 Å². The fraction of sp³-hybridized carbons (Fsp3) is 0.250. The lowest BCUT2D eigenvalue weighted by molar-refractivity contribution is 0.0696. The summed E-state index contributed by atoms with van der Waals surface area (Å²) in [6, 6.07) is 10.2. The Morgan fingerprint density at radius 2 is 2.00 bits per heavy atom. The highest BCUT2D eigenvalue weighted by molar-refractivity contribution is 5.92. The number of carboxylic acid groups (broad SMARTS) is 1. The summed E-state index contributed by atoms with van der Waals surface area (Å²) in [5, 5.41) is 12.8. The van der Waals surface area contributed by atoms with Gasteiger partial charge in [0.15, 0.2) is 0 Å². The van der Waals surface area contributed by atoms with Gasteiger partial charge < -0.3 is 10.4 Å². The van der Waals surface area contributed by atoms with Gasteiger partial charge in [-0.1, -0.05) is 36.4 Å². The third-order valence-corrected chi connectivity index (χ3v) is 5.27. The van der Waals surface area contributed by atoms with Crippen LogP contribution in [0.1, 0.15) is 45.4 Å². The number of allylic oxidation sites excluding steroid dienone is 2. The molecule has 2 aliphatic rings. The van der Waals surface area contributed by atoms with Gasteiger partial charge in [-0.05, 0) is 42.5 Å². The van der Waals surface area contributed by atoms with E-state index in [9.17, 15) is 14.3 Å². The number of carbonyl (C=O) groups is 1. The van der Waals surface area contributed by atoms with Crippen LogP contribution in [0.25, 0.3) is 0 Å². The Balaban J connectivity index is 1.87. The lowest BCUT2D eigenvalue weighted by Gasteiger charge is -2.38. The normalized spacial score (nSPS) is 24.2. The largest absolute Gasteiger partial charge is 0.478 e. The van der Waals surface area contributed by atoms with Crippen LogP contribution in [0.3, 0.4) is 0 Å². The lowest BCUT2D eigenvalue weighted by atomic mass is 9.76. The van der Waals surface area contributed by atoms with E-state index < -0.39 is 5.97 Å². The second-order valence-corrected chi connectivity index (χ2v) is 6.50. The molecule has 3 atom stereocenters. The third-order valence-electron chi connectivity index (χ3n) is 5.27. The van der Waals surface area contributed by atoms with E-state index in [1.807, 2.05) is 25.1 Å². The maximum absolute atomic E-state index is 14.4. The second-order valence-electron chi connectivity index (χ2n) is 6.50. The fourth-order valence-corrected chi connectivity index (χ4v) is 4.08. The molecule has 3 nitrogen and oxygen atoms in total. The molecule has 0 saturated carbocycles. The maximum atomic E-state index is 14.4. The molecule has 0 aromatic heterocycles. The number of nitrogens with one attached hydrogen (secondary N) is 1. The molecule has 0 amide bonds. The highest BCUT2D eigenvalue weighted by Crippen LogP contribution is 2.51. The summed E-state index contributed by atoms with van der Waals surface area (Å²) < 4.78 is 14.4. The molecule has 2 aromatic rings. The number of hydrogen-bond donors (Lipinski definition) is 2. The number of hydrogen-bond acceptors (Lipinski definition) is 2. The Bertz CT molecular complexity index is 859. The summed E-state index contributed by atoms with van der Waals surface area (Å²) in [6.07, 6.45) is 5.19. The van der Waals surface area contributed by atoms with Crippen LogP contribution in [-0.2, 0) is 0 Å². The van der Waals surface area contributed by atoms with Gasteiger partial charge in [-0.25, -0.2) is 9.18 Å². The Morgan fingerprint density at radius 3 is 2.75 bits per heavy atom. The van der Waals surface area contributed by atoms with Gasteiger partial charge in [0.2, 0.25) is 0 Å². The number of rotatable bonds is 2. The van der Waals surface area contributed by atoms with Gasteiger partial charge in [0.1, 0.15) is 5.82 Å². The van der Waals surface area contributed by atoms with E-state index in [0.717, 1.165) is 17.7 Å². The van der Waals surface area contributed by atoms with E-state index in [2.05, 4.69) is 17.5 Å². The van der Waals surface area contributed by atoms with Crippen molar-refractivity contribution in [2.75, 3.05) is 5.32 Å². The summed E-state index contributed by atoms with van der Waals surface area (Å²) in [5.41, 5.74) is 3.57. The van der Waals surface area contributed by atoms with Crippen LogP contribution < -0.4 is 5.32 Å². The number of fused-ring (bicyclic) bond motifs is 3. The van der Waals surface area contributed by atoms with E-state index in [0.29, 0.717) is 11.1 Å². The van der Waals surface area contributed by atoms with Crippen molar-refractivity contribution in [3.8, 4) is 0 Å². The Labute approximate surface area is 139 Å². The number of carboxylic acids is 1. The smallest absolute Gasteiger partial charge is 0.336 e. The first-order valence-electron chi connectivity index (χ1n) is 8.12. The predicted molar refractivity (Wildman–Crippen MR) is 90.9 cm³/mol. The quantitative estimate of drug-likeness (QED) is 0.790. The number of anilines is 1. The molecule has 24 heavy (non-hydrogen) atoms. The molecule has 0 unspecified atom stereocenters. The SMILES string of the molecule is Cc1c(C(=O)O)ccc2c1N[C@H](c1ccccc1F)[C@H]1CC=C[C@H]21. The van der Waals surface area contributed by atoms with Crippen molar-refractivity contribution in [2.45, 2.75) is 25.3 Å². The minimum Gasteiger partial charge on any atom is -0.478 e. The first-order valence-corrected chi connectivity index (χ1v) is 8.12. The average molecular weight is 323 g/mol. The van der Waals surface area contributed by atoms with Gasteiger partial charge in [0.05, 0.1) is 11.6 Å². The van der Waals surface area contributed by atoms with Crippen molar-refractivity contribution in [3.63, 3.8) is 0 Å². The minimum atomic E-state index is -0.941. The predicted octanol–water partition coefficient (Wildman–Crippen LogP) is 4.66. The number of aromatic carboxylic acids is 1. The highest BCUT2D eigenvalue weighted by atomic mass is 19.1. The van der Waals surface area contributed by atoms with Gasteiger partial charge in [0, 0.05) is 17.2 Å². The van der Waals surface area contributed by atoms with E-state index >= 15 is 0 Å². The highest BCUT2D eigenvalue weighted by Gasteiger charge is 2.39. The zero-order valence-electron chi connectivity index (χ0n) is 13.3. The van der Waals surface area contributed by atoms with Gasteiger partial charge in [-0.3, -0.25) is 0 Å². The number of halogens is 1. The monoisotopic (exact) mass is 323 g/mol. The molecule has 0 radical (unpaired) electrons. The minimum absolute atomic E-state index is 0.165. The summed E-state index contributed by atoms with van der Waals surface area (Å²) in [6.45, 7) is 1.81. The van der Waals surface area contributed by atoms with E-state index in [1.165, 1.54) is 6.07 Å². The zero-order chi connectivity index (χ0) is 16.8. The van der Waals surface area contributed by atoms with E-state index in [-0.39, 0.29) is 29.3 Å². The van der Waals surface area contributed by atoms with Crippen molar-refractivity contribution in [3.05, 3.63) is 76.6 Å². The third kappa shape index (κ3) is 2.13. The van der Waals surface area contributed by atoms with Crippen molar-refractivity contribution < 1.29 is 14.3 Å². The van der Waals surface area contributed by atoms with E-state index in [1.54, 1.807) is 12.1 Å². The number of benzene rings is 2. The summed E-state index contributed by atoms with van der Waals surface area (Å²) >= 11 is 0. The molecule has 1 heterocycles. The molecule has 0 saturated heterocycles. The van der Waals surface area contributed by atoms with Crippen LogP contribution in [0, 0.1) is 18.7 Å². The molecule has 4 rings (SSSR count). The Morgan fingerprint density at radius 1 is 1.21 bits per heavy atom.